The Bertz CT molecular complexity index is 191. The lowest BCUT2D eigenvalue weighted by Gasteiger charge is -1.95. The van der Waals surface area contributed by atoms with Crippen molar-refractivity contribution in [2.24, 2.45) is 0 Å². The zero-order valence-electron chi connectivity index (χ0n) is 8.04. The first-order valence-corrected chi connectivity index (χ1v) is 7.09. The van der Waals surface area contributed by atoms with E-state index in [1.807, 2.05) is 21.6 Å². The second-order valence-electron chi connectivity index (χ2n) is 3.27. The Hall–Kier alpha value is 0.110. The van der Waals surface area contributed by atoms with E-state index in [1.165, 1.54) is 17.1 Å². The number of carbonyl (C=O) groups is 1. The van der Waals surface area contributed by atoms with E-state index >= 15 is 0 Å². The van der Waals surface area contributed by atoms with E-state index in [9.17, 15) is 4.79 Å². The molecule has 3 heteroatoms. The highest BCUT2D eigenvalue weighted by molar-refractivity contribution is 8.78. The van der Waals surface area contributed by atoms with E-state index in [-0.39, 0.29) is 0 Å². The van der Waals surface area contributed by atoms with Crippen LogP contribution in [-0.2, 0) is 4.79 Å². The molecule has 0 saturated carbocycles. The molecule has 0 radical (unpaired) electrons. The van der Waals surface area contributed by atoms with E-state index in [2.05, 4.69) is 6.08 Å². The average Bonchev–Trinajstić information content (AvgIpc) is 2.55. The summed E-state index contributed by atoms with van der Waals surface area (Å²) >= 11 is 0. The van der Waals surface area contributed by atoms with Gasteiger partial charge in [0.25, 0.3) is 0 Å². The number of rotatable bonds is 5. The summed E-state index contributed by atoms with van der Waals surface area (Å²) in [6, 6.07) is 0. The van der Waals surface area contributed by atoms with Gasteiger partial charge in [-0.3, -0.25) is 0 Å². The highest BCUT2D eigenvalue weighted by atomic mass is 33.1. The second kappa shape index (κ2) is 6.55. The van der Waals surface area contributed by atoms with Gasteiger partial charge in [0.2, 0.25) is 0 Å². The largest absolute Gasteiger partial charge is 0.300 e. The summed E-state index contributed by atoms with van der Waals surface area (Å²) in [7, 11) is 3.86. The molecule has 1 heterocycles. The summed E-state index contributed by atoms with van der Waals surface area (Å²) in [4.78, 5) is 12.2. The Balaban J connectivity index is 1.99. The number of ketones is 1. The van der Waals surface area contributed by atoms with Crippen LogP contribution >= 0.6 is 21.6 Å². The molecule has 0 spiro atoms. The SMILES string of the molecule is CC(=O)CCCC/C=C1/CCSS1. The molecule has 0 aromatic heterocycles. The van der Waals surface area contributed by atoms with Gasteiger partial charge in [0.05, 0.1) is 0 Å². The zero-order valence-corrected chi connectivity index (χ0v) is 9.68. The molecule has 0 aromatic rings. The number of Topliss-reactive ketones (excluding diaryl/α,β-unsaturated/α-hetero) is 1. The fourth-order valence-electron chi connectivity index (χ4n) is 1.22. The molecule has 0 aliphatic carbocycles. The van der Waals surface area contributed by atoms with Crippen LogP contribution in [0.3, 0.4) is 0 Å². The fraction of sp³-hybridized carbons (Fsp3) is 0.700. The van der Waals surface area contributed by atoms with Crippen LogP contribution in [-0.4, -0.2) is 11.5 Å². The summed E-state index contributed by atoms with van der Waals surface area (Å²) < 4.78 is 0. The van der Waals surface area contributed by atoms with Crippen molar-refractivity contribution in [1.29, 1.82) is 0 Å². The predicted molar refractivity (Wildman–Crippen MR) is 61.9 cm³/mol. The molecule has 1 aliphatic heterocycles. The Morgan fingerprint density at radius 1 is 1.54 bits per heavy atom. The normalized spacial score (nSPS) is 19.6. The van der Waals surface area contributed by atoms with Crippen LogP contribution in [0.2, 0.25) is 0 Å². The van der Waals surface area contributed by atoms with Gasteiger partial charge in [-0.1, -0.05) is 27.7 Å². The standard InChI is InChI=1S/C10H16OS2/c1-9(11)5-3-2-4-6-10-7-8-12-13-10/h6H,2-5,7-8H2,1H3/b10-6-. The minimum atomic E-state index is 0.318. The van der Waals surface area contributed by atoms with Crippen LogP contribution in [0.1, 0.15) is 39.0 Å². The minimum absolute atomic E-state index is 0.318. The molecule has 0 aromatic carbocycles. The van der Waals surface area contributed by atoms with Gasteiger partial charge >= 0.3 is 0 Å². The first-order chi connectivity index (χ1) is 6.29. The molecule has 0 amide bonds. The maximum atomic E-state index is 10.6. The van der Waals surface area contributed by atoms with Crippen molar-refractivity contribution in [2.45, 2.75) is 39.0 Å². The van der Waals surface area contributed by atoms with E-state index in [0.717, 1.165) is 25.7 Å². The van der Waals surface area contributed by atoms with E-state index in [1.54, 1.807) is 6.92 Å². The van der Waals surface area contributed by atoms with Gasteiger partial charge in [-0.15, -0.1) is 0 Å². The highest BCUT2D eigenvalue weighted by Crippen LogP contribution is 2.40. The summed E-state index contributed by atoms with van der Waals surface area (Å²) in [5.41, 5.74) is 0. The molecule has 1 nitrogen and oxygen atoms in total. The van der Waals surface area contributed by atoms with Crippen LogP contribution < -0.4 is 0 Å². The zero-order chi connectivity index (χ0) is 9.52. The molecular weight excluding hydrogens is 200 g/mol. The lowest BCUT2D eigenvalue weighted by atomic mass is 10.1. The van der Waals surface area contributed by atoms with Gasteiger partial charge in [0.1, 0.15) is 5.78 Å². The predicted octanol–water partition coefficient (Wildman–Crippen LogP) is 3.80. The van der Waals surface area contributed by atoms with Crippen molar-refractivity contribution >= 4 is 27.4 Å². The monoisotopic (exact) mass is 216 g/mol. The molecule has 13 heavy (non-hydrogen) atoms. The first kappa shape index (κ1) is 11.2. The topological polar surface area (TPSA) is 17.1 Å². The molecule has 0 atom stereocenters. The van der Waals surface area contributed by atoms with Gasteiger partial charge < -0.3 is 4.79 Å². The molecule has 0 unspecified atom stereocenters. The molecule has 0 bridgehead atoms. The number of carbonyl (C=O) groups excluding carboxylic acids is 1. The molecule has 0 N–H and O–H groups in total. The number of allylic oxidation sites excluding steroid dienone is 2. The Morgan fingerprint density at radius 3 is 3.00 bits per heavy atom. The third-order valence-corrected chi connectivity index (χ3v) is 4.52. The van der Waals surface area contributed by atoms with Crippen LogP contribution in [0.15, 0.2) is 11.0 Å². The maximum absolute atomic E-state index is 10.6. The Kier molecular flexibility index (Phi) is 5.63. The van der Waals surface area contributed by atoms with Crippen LogP contribution in [0.5, 0.6) is 0 Å². The summed E-state index contributed by atoms with van der Waals surface area (Å²) in [5, 5.41) is 0. The van der Waals surface area contributed by atoms with E-state index in [4.69, 9.17) is 0 Å². The molecule has 1 fully saturated rings. The summed E-state index contributed by atoms with van der Waals surface area (Å²) in [6.45, 7) is 1.67. The highest BCUT2D eigenvalue weighted by Gasteiger charge is 2.06. The van der Waals surface area contributed by atoms with Crippen molar-refractivity contribution in [3.05, 3.63) is 11.0 Å². The lowest BCUT2D eigenvalue weighted by Crippen LogP contribution is -1.88. The number of unbranched alkanes of at least 4 members (excludes halogenated alkanes) is 2. The van der Waals surface area contributed by atoms with Crippen molar-refractivity contribution in [1.82, 2.24) is 0 Å². The van der Waals surface area contributed by atoms with Crippen LogP contribution in [0.25, 0.3) is 0 Å². The summed E-state index contributed by atoms with van der Waals surface area (Å²) in [5.74, 6) is 1.59. The number of hydrogen-bond donors (Lipinski definition) is 0. The van der Waals surface area contributed by atoms with Gasteiger partial charge in [-0.05, 0) is 37.5 Å². The Morgan fingerprint density at radius 2 is 2.38 bits per heavy atom. The summed E-state index contributed by atoms with van der Waals surface area (Å²) in [6.07, 6.45) is 7.71. The molecule has 1 rings (SSSR count). The maximum Gasteiger partial charge on any atom is 0.129 e. The minimum Gasteiger partial charge on any atom is -0.300 e. The van der Waals surface area contributed by atoms with Crippen LogP contribution in [0, 0.1) is 0 Å². The Labute approximate surface area is 88.1 Å². The molecule has 1 saturated heterocycles. The third kappa shape index (κ3) is 5.42. The molecular formula is C10H16OS2. The lowest BCUT2D eigenvalue weighted by molar-refractivity contribution is -0.117. The van der Waals surface area contributed by atoms with Crippen molar-refractivity contribution < 1.29 is 4.79 Å². The quantitative estimate of drug-likeness (QED) is 0.514. The third-order valence-electron chi connectivity index (χ3n) is 1.95. The van der Waals surface area contributed by atoms with Gasteiger partial charge in [-0.25, -0.2) is 0 Å². The fourth-order valence-corrected chi connectivity index (χ4v) is 3.67. The van der Waals surface area contributed by atoms with Gasteiger partial charge in [0.15, 0.2) is 0 Å². The van der Waals surface area contributed by atoms with E-state index in [0.29, 0.717) is 5.78 Å². The van der Waals surface area contributed by atoms with Crippen molar-refractivity contribution in [3.63, 3.8) is 0 Å². The average molecular weight is 216 g/mol. The molecule has 1 aliphatic rings. The second-order valence-corrected chi connectivity index (χ2v) is 5.82. The first-order valence-electron chi connectivity index (χ1n) is 4.77. The van der Waals surface area contributed by atoms with E-state index < -0.39 is 0 Å². The van der Waals surface area contributed by atoms with Gasteiger partial charge in [0, 0.05) is 12.2 Å². The number of hydrogen-bond acceptors (Lipinski definition) is 3. The molecule has 74 valence electrons. The van der Waals surface area contributed by atoms with Gasteiger partial charge in [-0.2, -0.15) is 0 Å². The van der Waals surface area contributed by atoms with Crippen molar-refractivity contribution in [3.8, 4) is 0 Å². The van der Waals surface area contributed by atoms with Crippen LogP contribution in [0.4, 0.5) is 0 Å². The van der Waals surface area contributed by atoms with Crippen molar-refractivity contribution in [2.75, 3.05) is 5.75 Å². The smallest absolute Gasteiger partial charge is 0.129 e.